The second-order valence-corrected chi connectivity index (χ2v) is 19.7. The number of pyridine rings is 1. The van der Waals surface area contributed by atoms with Crippen LogP contribution in [0.15, 0.2) is 42.6 Å². The first-order chi connectivity index (χ1) is 12.3. The molecule has 0 aliphatic rings. The Morgan fingerprint density at radius 2 is 1.54 bits per heavy atom. The first-order valence-electron chi connectivity index (χ1n) is 8.84. The fraction of sp³-hybridized carbons (Fsp3) is 0.227. The molecule has 0 radical (unpaired) electrons. The molecule has 0 fully saturated rings. The Labute approximate surface area is 160 Å². The van der Waals surface area contributed by atoms with Crippen LogP contribution >= 0.6 is 11.3 Å². The van der Waals surface area contributed by atoms with E-state index in [0.717, 1.165) is 35.8 Å². The number of benzene rings is 2. The second-order valence-electron chi connectivity index (χ2n) is 8.07. The Kier molecular flexibility index (Phi) is 4.20. The Balaban J connectivity index is 2.06. The van der Waals surface area contributed by atoms with Gasteiger partial charge in [0.05, 0.1) is 0 Å². The molecule has 0 saturated carbocycles. The van der Waals surface area contributed by atoms with Gasteiger partial charge in [-0.15, -0.1) is 0 Å². The Bertz CT molecular complexity index is 1130. The van der Waals surface area contributed by atoms with Crippen LogP contribution in [0.1, 0.15) is 11.1 Å². The summed E-state index contributed by atoms with van der Waals surface area (Å²) in [5.41, 5.74) is 4.49. The standard InChI is InChI=1S/C22H22FGeNS/c1-13-10-14(2)12-15(11-13)20-22-17(8-9-25-20)16-6-7-18(24(3,4)5)19(23)21(16)26-22/h6-12H,1-5H3. The molecule has 0 atom stereocenters. The minimum atomic E-state index is -2.25. The van der Waals surface area contributed by atoms with E-state index in [2.05, 4.69) is 60.4 Å². The fourth-order valence-corrected chi connectivity index (χ4v) is 7.93. The van der Waals surface area contributed by atoms with Crippen molar-refractivity contribution in [3.63, 3.8) is 0 Å². The molecule has 0 unspecified atom stereocenters. The van der Waals surface area contributed by atoms with Gasteiger partial charge in [-0.1, -0.05) is 0 Å². The van der Waals surface area contributed by atoms with Crippen LogP contribution in [0, 0.1) is 19.7 Å². The summed E-state index contributed by atoms with van der Waals surface area (Å²) in [5.74, 6) is 6.70. The van der Waals surface area contributed by atoms with Gasteiger partial charge in [-0.05, 0) is 0 Å². The minimum absolute atomic E-state index is 0.0115. The van der Waals surface area contributed by atoms with Gasteiger partial charge in [0.1, 0.15) is 0 Å². The van der Waals surface area contributed by atoms with Crippen LogP contribution in [0.5, 0.6) is 0 Å². The summed E-state index contributed by atoms with van der Waals surface area (Å²) in [6.45, 7) is 4.20. The monoisotopic (exact) mass is 425 g/mol. The zero-order chi connectivity index (χ0) is 18.6. The summed E-state index contributed by atoms with van der Waals surface area (Å²) in [6.07, 6.45) is 1.84. The fourth-order valence-electron chi connectivity index (χ4n) is 3.63. The molecule has 0 aliphatic heterocycles. The predicted molar refractivity (Wildman–Crippen MR) is 115 cm³/mol. The van der Waals surface area contributed by atoms with Crippen LogP contribution in [0.3, 0.4) is 0 Å². The van der Waals surface area contributed by atoms with Gasteiger partial charge >= 0.3 is 160 Å². The summed E-state index contributed by atoms with van der Waals surface area (Å²) in [4.78, 5) is 4.66. The third-order valence-electron chi connectivity index (χ3n) is 4.80. The molecule has 0 aliphatic carbocycles. The predicted octanol–water partition coefficient (Wildman–Crippen LogP) is 6.42. The van der Waals surface area contributed by atoms with Crippen molar-refractivity contribution < 1.29 is 4.39 Å². The molecule has 0 amide bonds. The maximum atomic E-state index is 15.3. The van der Waals surface area contributed by atoms with Crippen molar-refractivity contribution in [2.75, 3.05) is 0 Å². The Morgan fingerprint density at radius 1 is 0.885 bits per heavy atom. The van der Waals surface area contributed by atoms with E-state index >= 15 is 4.39 Å². The molecule has 4 heteroatoms. The molecular formula is C22H22FGeNS. The summed E-state index contributed by atoms with van der Waals surface area (Å²) in [7, 11) is 0. The van der Waals surface area contributed by atoms with Gasteiger partial charge in [-0.2, -0.15) is 0 Å². The zero-order valence-electron chi connectivity index (χ0n) is 15.8. The van der Waals surface area contributed by atoms with Gasteiger partial charge < -0.3 is 0 Å². The van der Waals surface area contributed by atoms with Gasteiger partial charge in [-0.3, -0.25) is 0 Å². The molecule has 1 nitrogen and oxygen atoms in total. The molecule has 0 saturated heterocycles. The number of hydrogen-bond donors (Lipinski definition) is 0. The molecular weight excluding hydrogens is 402 g/mol. The summed E-state index contributed by atoms with van der Waals surface area (Å²) in [5, 5.41) is 2.10. The SMILES string of the molecule is Cc1cc(C)cc(-c2nccc3c2sc2c(F)[c]([Ge]([CH3])([CH3])[CH3])ccc23)c1. The van der Waals surface area contributed by atoms with E-state index in [0.29, 0.717) is 0 Å². The Morgan fingerprint density at radius 3 is 2.19 bits per heavy atom. The van der Waals surface area contributed by atoms with Crippen LogP contribution in [-0.2, 0) is 0 Å². The average Bonchev–Trinajstić information content (AvgIpc) is 2.93. The Hall–Kier alpha value is -1.72. The number of rotatable bonds is 2. The number of aromatic nitrogens is 1. The molecule has 0 N–H and O–H groups in total. The van der Waals surface area contributed by atoms with Gasteiger partial charge in [0.15, 0.2) is 0 Å². The van der Waals surface area contributed by atoms with Crippen molar-refractivity contribution in [3.8, 4) is 11.3 Å². The van der Waals surface area contributed by atoms with Crippen molar-refractivity contribution in [3.05, 3.63) is 59.5 Å². The first kappa shape index (κ1) is 17.7. The van der Waals surface area contributed by atoms with Crippen LogP contribution in [0.2, 0.25) is 17.3 Å². The van der Waals surface area contributed by atoms with Crippen molar-refractivity contribution >= 4 is 49.2 Å². The van der Waals surface area contributed by atoms with Crippen LogP contribution < -0.4 is 4.40 Å². The number of halogens is 1. The summed E-state index contributed by atoms with van der Waals surface area (Å²) < 4.78 is 18.1. The average molecular weight is 424 g/mol. The van der Waals surface area contributed by atoms with E-state index in [1.807, 2.05) is 18.3 Å². The van der Waals surface area contributed by atoms with Crippen molar-refractivity contribution in [1.82, 2.24) is 4.98 Å². The van der Waals surface area contributed by atoms with Crippen molar-refractivity contribution in [2.45, 2.75) is 31.1 Å². The molecule has 2 heterocycles. The van der Waals surface area contributed by atoms with Crippen molar-refractivity contribution in [1.29, 1.82) is 0 Å². The van der Waals surface area contributed by atoms with E-state index in [-0.39, 0.29) is 5.82 Å². The van der Waals surface area contributed by atoms with Gasteiger partial charge in [-0.25, -0.2) is 0 Å². The number of fused-ring (bicyclic) bond motifs is 3. The first-order valence-corrected chi connectivity index (χ1v) is 17.0. The third-order valence-corrected chi connectivity index (χ3v) is 10.2. The molecule has 2 aromatic heterocycles. The van der Waals surface area contributed by atoms with E-state index in [1.165, 1.54) is 11.1 Å². The third kappa shape index (κ3) is 2.87. The topological polar surface area (TPSA) is 12.9 Å². The van der Waals surface area contributed by atoms with E-state index in [1.54, 1.807) is 11.3 Å². The molecule has 2 aromatic carbocycles. The van der Waals surface area contributed by atoms with Crippen molar-refractivity contribution in [2.24, 2.45) is 0 Å². The van der Waals surface area contributed by atoms with Crippen LogP contribution in [0.4, 0.5) is 4.39 Å². The maximum absolute atomic E-state index is 15.3. The normalized spacial score (nSPS) is 12.2. The van der Waals surface area contributed by atoms with Crippen LogP contribution in [0.25, 0.3) is 31.4 Å². The van der Waals surface area contributed by atoms with E-state index in [9.17, 15) is 0 Å². The summed E-state index contributed by atoms with van der Waals surface area (Å²) in [6, 6.07) is 12.6. The molecule has 4 rings (SSSR count). The molecule has 26 heavy (non-hydrogen) atoms. The molecule has 4 aromatic rings. The van der Waals surface area contributed by atoms with E-state index in [4.69, 9.17) is 0 Å². The quantitative estimate of drug-likeness (QED) is 0.339. The van der Waals surface area contributed by atoms with Gasteiger partial charge in [0, 0.05) is 0 Å². The molecule has 0 spiro atoms. The zero-order valence-corrected chi connectivity index (χ0v) is 18.7. The molecule has 0 bridgehead atoms. The summed E-state index contributed by atoms with van der Waals surface area (Å²) >= 11 is -0.702. The number of hydrogen-bond acceptors (Lipinski definition) is 2. The van der Waals surface area contributed by atoms with E-state index < -0.39 is 13.3 Å². The van der Waals surface area contributed by atoms with Crippen LogP contribution in [-0.4, -0.2) is 18.3 Å². The number of aryl methyl sites for hydroxylation is 2. The number of nitrogens with zero attached hydrogens (tertiary/aromatic N) is 1. The second kappa shape index (κ2) is 6.17. The van der Waals surface area contributed by atoms with Gasteiger partial charge in [0.25, 0.3) is 0 Å². The number of thiophene rings is 1. The van der Waals surface area contributed by atoms with Gasteiger partial charge in [0.2, 0.25) is 0 Å². The molecule has 132 valence electrons.